The number of carbonyl (C=O) groups is 1. The molecule has 0 radical (unpaired) electrons. The molecule has 188 valence electrons. The molecule has 0 bridgehead atoms. The minimum Gasteiger partial charge on any atom is -0.338 e. The number of aromatic nitrogens is 2. The number of alkyl halides is 1. The maximum atomic E-state index is 13.3. The van der Waals surface area contributed by atoms with Crippen LogP contribution in [0.2, 0.25) is 0 Å². The van der Waals surface area contributed by atoms with Gasteiger partial charge in [-0.1, -0.05) is 18.2 Å². The summed E-state index contributed by atoms with van der Waals surface area (Å²) in [6.07, 6.45) is 5.70. The SMILES string of the molecule is Cc1ncnc(C)c1C(=O)N1CCC(C)(N2CCN(C3CCc4ccc(CF)cc43)[C@@H](C)C2)CC1. The normalized spacial score (nSPS) is 25.0. The van der Waals surface area contributed by atoms with Crippen LogP contribution in [0.4, 0.5) is 4.39 Å². The third kappa shape index (κ3) is 4.49. The summed E-state index contributed by atoms with van der Waals surface area (Å²) in [6, 6.07) is 7.01. The van der Waals surface area contributed by atoms with Crippen LogP contribution >= 0.6 is 0 Å². The van der Waals surface area contributed by atoms with E-state index in [4.69, 9.17) is 0 Å². The van der Waals surface area contributed by atoms with Crippen LogP contribution in [-0.4, -0.2) is 74.9 Å². The van der Waals surface area contributed by atoms with Crippen molar-refractivity contribution >= 4 is 5.91 Å². The van der Waals surface area contributed by atoms with E-state index in [1.54, 1.807) is 0 Å². The molecule has 2 aliphatic heterocycles. The Balaban J connectivity index is 1.22. The highest BCUT2D eigenvalue weighted by atomic mass is 19.1. The van der Waals surface area contributed by atoms with Crippen molar-refractivity contribution in [2.75, 3.05) is 32.7 Å². The first kappa shape index (κ1) is 24.3. The minimum atomic E-state index is -0.391. The lowest BCUT2D eigenvalue weighted by molar-refractivity contribution is -0.0298. The molecule has 2 saturated heterocycles. The smallest absolute Gasteiger partial charge is 0.257 e. The first-order valence-electron chi connectivity index (χ1n) is 13.1. The van der Waals surface area contributed by atoms with Crippen molar-refractivity contribution in [3.8, 4) is 0 Å². The number of carbonyl (C=O) groups excluding carboxylic acids is 1. The topological polar surface area (TPSA) is 52.6 Å². The highest BCUT2D eigenvalue weighted by Crippen LogP contribution is 2.40. The molecule has 1 unspecified atom stereocenters. The molecular weight excluding hydrogens is 441 g/mol. The van der Waals surface area contributed by atoms with Crippen molar-refractivity contribution in [3.63, 3.8) is 0 Å². The van der Waals surface area contributed by atoms with E-state index in [1.807, 2.05) is 24.8 Å². The van der Waals surface area contributed by atoms with Gasteiger partial charge in [0.15, 0.2) is 0 Å². The zero-order chi connectivity index (χ0) is 24.7. The molecule has 7 heteroatoms. The Kier molecular flexibility index (Phi) is 6.66. The van der Waals surface area contributed by atoms with E-state index in [-0.39, 0.29) is 11.4 Å². The lowest BCUT2D eigenvalue weighted by Gasteiger charge is -2.52. The second-order valence-corrected chi connectivity index (χ2v) is 11.0. The molecule has 2 atom stereocenters. The van der Waals surface area contributed by atoms with Crippen molar-refractivity contribution in [3.05, 3.63) is 58.2 Å². The number of aryl methyl sites for hydroxylation is 3. The summed E-state index contributed by atoms with van der Waals surface area (Å²) in [6.45, 7) is 12.7. The number of amides is 1. The van der Waals surface area contributed by atoms with Crippen LogP contribution in [0.3, 0.4) is 0 Å². The van der Waals surface area contributed by atoms with E-state index in [0.29, 0.717) is 17.6 Å². The molecule has 2 aromatic rings. The van der Waals surface area contributed by atoms with Crippen LogP contribution in [0.5, 0.6) is 0 Å². The molecule has 2 fully saturated rings. The maximum Gasteiger partial charge on any atom is 0.257 e. The summed E-state index contributed by atoms with van der Waals surface area (Å²) < 4.78 is 13.3. The summed E-state index contributed by atoms with van der Waals surface area (Å²) in [5, 5.41) is 0. The van der Waals surface area contributed by atoms with Gasteiger partial charge in [-0.3, -0.25) is 14.6 Å². The van der Waals surface area contributed by atoms with Gasteiger partial charge in [0.25, 0.3) is 5.91 Å². The third-order valence-corrected chi connectivity index (χ3v) is 8.82. The molecule has 3 heterocycles. The highest BCUT2D eigenvalue weighted by Gasteiger charge is 2.42. The van der Waals surface area contributed by atoms with E-state index < -0.39 is 6.67 Å². The Morgan fingerprint density at radius 1 is 1.11 bits per heavy atom. The van der Waals surface area contributed by atoms with Crippen LogP contribution in [0, 0.1) is 13.8 Å². The summed E-state index contributed by atoms with van der Waals surface area (Å²) in [4.78, 5) is 29.0. The summed E-state index contributed by atoms with van der Waals surface area (Å²) >= 11 is 0. The fraction of sp³-hybridized carbons (Fsp3) is 0.607. The van der Waals surface area contributed by atoms with E-state index >= 15 is 0 Å². The third-order valence-electron chi connectivity index (χ3n) is 8.82. The van der Waals surface area contributed by atoms with Crippen molar-refractivity contribution in [1.29, 1.82) is 0 Å². The quantitative estimate of drug-likeness (QED) is 0.656. The fourth-order valence-electron chi connectivity index (χ4n) is 6.55. The Hall–Kier alpha value is -2.38. The number of benzene rings is 1. The Labute approximate surface area is 208 Å². The summed E-state index contributed by atoms with van der Waals surface area (Å²) in [7, 11) is 0. The van der Waals surface area contributed by atoms with E-state index in [2.05, 4.69) is 45.7 Å². The first-order valence-corrected chi connectivity index (χ1v) is 13.1. The molecule has 3 aliphatic rings. The van der Waals surface area contributed by atoms with E-state index in [1.165, 1.54) is 17.5 Å². The molecule has 1 aromatic heterocycles. The number of hydrogen-bond donors (Lipinski definition) is 0. The minimum absolute atomic E-state index is 0.0633. The molecular formula is C28H38FN5O. The van der Waals surface area contributed by atoms with Crippen molar-refractivity contribution < 1.29 is 9.18 Å². The molecule has 6 nitrogen and oxygen atoms in total. The van der Waals surface area contributed by atoms with Crippen LogP contribution in [0.25, 0.3) is 0 Å². The Morgan fingerprint density at radius 2 is 1.83 bits per heavy atom. The van der Waals surface area contributed by atoms with Gasteiger partial charge in [-0.25, -0.2) is 14.4 Å². The number of hydrogen-bond acceptors (Lipinski definition) is 5. The number of likely N-dealkylation sites (tertiary alicyclic amines) is 1. The second-order valence-electron chi connectivity index (χ2n) is 11.0. The zero-order valence-electron chi connectivity index (χ0n) is 21.6. The second kappa shape index (κ2) is 9.58. The number of nitrogens with zero attached hydrogens (tertiary/aromatic N) is 5. The standard InChI is InChI=1S/C28H38FN5O/c1-19-17-33(13-14-34(19)25-8-7-23-6-5-22(16-29)15-24(23)25)28(4)9-11-32(12-10-28)27(35)26-20(2)30-18-31-21(26)3/h5-6,15,18-19,25H,7-14,16-17H2,1-4H3/t19-,25?/m0/s1. The summed E-state index contributed by atoms with van der Waals surface area (Å²) in [5.41, 5.74) is 5.80. The largest absolute Gasteiger partial charge is 0.338 e. The monoisotopic (exact) mass is 479 g/mol. The van der Waals surface area contributed by atoms with Gasteiger partial charge in [0.05, 0.1) is 17.0 Å². The number of rotatable bonds is 4. The van der Waals surface area contributed by atoms with Gasteiger partial charge >= 0.3 is 0 Å². The lowest BCUT2D eigenvalue weighted by atomic mass is 9.86. The van der Waals surface area contributed by atoms with Gasteiger partial charge in [-0.2, -0.15) is 0 Å². The van der Waals surface area contributed by atoms with Gasteiger partial charge in [-0.15, -0.1) is 0 Å². The van der Waals surface area contributed by atoms with Gasteiger partial charge in [-0.05, 0) is 70.1 Å². The molecule has 0 spiro atoms. The van der Waals surface area contributed by atoms with Crippen molar-refractivity contribution in [1.82, 2.24) is 24.7 Å². The van der Waals surface area contributed by atoms with Gasteiger partial charge in [0.2, 0.25) is 0 Å². The maximum absolute atomic E-state index is 13.3. The fourth-order valence-corrected chi connectivity index (χ4v) is 6.55. The van der Waals surface area contributed by atoms with Crippen molar-refractivity contribution in [2.45, 2.75) is 77.7 Å². The zero-order valence-corrected chi connectivity index (χ0v) is 21.6. The van der Waals surface area contributed by atoms with Crippen LogP contribution in [0.15, 0.2) is 24.5 Å². The molecule has 0 saturated carbocycles. The molecule has 1 aromatic carbocycles. The highest BCUT2D eigenvalue weighted by molar-refractivity contribution is 5.96. The van der Waals surface area contributed by atoms with E-state index in [9.17, 15) is 9.18 Å². The number of halogens is 1. The van der Waals surface area contributed by atoms with Gasteiger partial charge in [0, 0.05) is 50.3 Å². The van der Waals surface area contributed by atoms with Gasteiger partial charge < -0.3 is 4.90 Å². The molecule has 5 rings (SSSR count). The molecule has 1 amide bonds. The Morgan fingerprint density at radius 3 is 2.49 bits per heavy atom. The Bertz CT molecular complexity index is 1080. The number of piperazine rings is 1. The predicted octanol–water partition coefficient (Wildman–Crippen LogP) is 4.25. The number of piperidine rings is 1. The number of fused-ring (bicyclic) bond motifs is 1. The molecule has 1 aliphatic carbocycles. The summed E-state index contributed by atoms with van der Waals surface area (Å²) in [5.74, 6) is 0.0633. The molecule has 35 heavy (non-hydrogen) atoms. The van der Waals surface area contributed by atoms with Crippen LogP contribution in [0.1, 0.15) is 77.6 Å². The van der Waals surface area contributed by atoms with Crippen molar-refractivity contribution in [2.24, 2.45) is 0 Å². The first-order chi connectivity index (χ1) is 16.8. The van der Waals surface area contributed by atoms with Gasteiger partial charge in [0.1, 0.15) is 13.0 Å². The average molecular weight is 480 g/mol. The molecule has 0 N–H and O–H groups in total. The van der Waals surface area contributed by atoms with Crippen LogP contribution < -0.4 is 0 Å². The lowest BCUT2D eigenvalue weighted by Crippen LogP contribution is -2.62. The predicted molar refractivity (Wildman–Crippen MR) is 135 cm³/mol. The van der Waals surface area contributed by atoms with Crippen LogP contribution in [-0.2, 0) is 13.1 Å². The average Bonchev–Trinajstić information content (AvgIpc) is 3.27. The van der Waals surface area contributed by atoms with E-state index in [0.717, 1.165) is 75.4 Å².